The molecule has 146 valence electrons. The van der Waals surface area contributed by atoms with E-state index in [0.29, 0.717) is 17.8 Å². The molecule has 0 spiro atoms. The normalized spacial score (nSPS) is 10.7. The molecule has 0 radical (unpaired) electrons. The number of rotatable bonds is 8. The smallest absolute Gasteiger partial charge is 0.257 e. The molecule has 0 aliphatic carbocycles. The highest BCUT2D eigenvalue weighted by Crippen LogP contribution is 2.27. The average molecular weight is 377 g/mol. The van der Waals surface area contributed by atoms with Crippen LogP contribution in [-0.4, -0.2) is 41.3 Å². The van der Waals surface area contributed by atoms with Crippen LogP contribution in [0, 0.1) is 0 Å². The average Bonchev–Trinajstić information content (AvgIpc) is 3.15. The Bertz CT molecular complexity index is 919. The first-order valence-electron chi connectivity index (χ1n) is 9.63. The molecule has 0 fully saturated rings. The lowest BCUT2D eigenvalue weighted by molar-refractivity contribution is 0.0794. The zero-order chi connectivity index (χ0) is 19.9. The number of unbranched alkanes of at least 4 members (excludes halogenated alkanes) is 1. The zero-order valence-electron chi connectivity index (χ0n) is 16.8. The standard InChI is InChI=1S/C23H27N3O2/c1-4-5-14-25(2)23(27)21-17-26(16-18-10-7-6-8-11-18)24-22(21)19-12-9-13-20(15-19)28-3/h6-13,15,17H,4-5,14,16H2,1-3H3. The molecule has 1 amide bonds. The van der Waals surface area contributed by atoms with E-state index in [1.165, 1.54) is 0 Å². The molecular formula is C23H27N3O2. The molecule has 0 bridgehead atoms. The molecule has 3 aromatic rings. The van der Waals surface area contributed by atoms with E-state index in [-0.39, 0.29) is 5.91 Å². The number of benzene rings is 2. The van der Waals surface area contributed by atoms with Crippen LogP contribution in [0.4, 0.5) is 0 Å². The molecule has 0 saturated carbocycles. The molecule has 0 atom stereocenters. The van der Waals surface area contributed by atoms with Gasteiger partial charge in [0, 0.05) is 25.4 Å². The van der Waals surface area contributed by atoms with Crippen molar-refractivity contribution in [1.29, 1.82) is 0 Å². The molecule has 3 rings (SSSR count). The summed E-state index contributed by atoms with van der Waals surface area (Å²) in [5.74, 6) is 0.735. The molecule has 0 N–H and O–H groups in total. The van der Waals surface area contributed by atoms with E-state index in [1.54, 1.807) is 12.0 Å². The first kappa shape index (κ1) is 19.7. The summed E-state index contributed by atoms with van der Waals surface area (Å²) >= 11 is 0. The zero-order valence-corrected chi connectivity index (χ0v) is 16.8. The topological polar surface area (TPSA) is 47.4 Å². The van der Waals surface area contributed by atoms with Crippen LogP contribution in [0.25, 0.3) is 11.3 Å². The fraction of sp³-hybridized carbons (Fsp3) is 0.304. The number of methoxy groups -OCH3 is 1. The van der Waals surface area contributed by atoms with E-state index in [9.17, 15) is 4.79 Å². The van der Waals surface area contributed by atoms with Crippen LogP contribution in [0.2, 0.25) is 0 Å². The predicted octanol–water partition coefficient (Wildman–Crippen LogP) is 4.48. The first-order chi connectivity index (χ1) is 13.6. The third-order valence-corrected chi connectivity index (χ3v) is 4.72. The Morgan fingerprint density at radius 3 is 2.64 bits per heavy atom. The summed E-state index contributed by atoms with van der Waals surface area (Å²) in [6, 6.07) is 17.8. The third-order valence-electron chi connectivity index (χ3n) is 4.72. The van der Waals surface area contributed by atoms with Crippen molar-refractivity contribution in [2.45, 2.75) is 26.3 Å². The minimum absolute atomic E-state index is 0.00872. The number of nitrogens with zero attached hydrogens (tertiary/aromatic N) is 3. The number of carbonyl (C=O) groups is 1. The van der Waals surface area contributed by atoms with Crippen molar-refractivity contribution in [2.24, 2.45) is 0 Å². The van der Waals surface area contributed by atoms with Gasteiger partial charge in [-0.05, 0) is 24.1 Å². The van der Waals surface area contributed by atoms with Gasteiger partial charge in [0.1, 0.15) is 11.4 Å². The number of hydrogen-bond donors (Lipinski definition) is 0. The third kappa shape index (κ3) is 4.60. The second-order valence-corrected chi connectivity index (χ2v) is 6.89. The van der Waals surface area contributed by atoms with Crippen LogP contribution < -0.4 is 4.74 Å². The fourth-order valence-electron chi connectivity index (χ4n) is 3.12. The highest BCUT2D eigenvalue weighted by Gasteiger charge is 2.21. The van der Waals surface area contributed by atoms with Crippen LogP contribution in [0.5, 0.6) is 5.75 Å². The molecular weight excluding hydrogens is 350 g/mol. The lowest BCUT2D eigenvalue weighted by Crippen LogP contribution is -2.27. The van der Waals surface area contributed by atoms with Crippen molar-refractivity contribution in [3.63, 3.8) is 0 Å². The van der Waals surface area contributed by atoms with E-state index in [1.807, 2.05) is 60.4 Å². The van der Waals surface area contributed by atoms with Gasteiger partial charge in [0.2, 0.25) is 0 Å². The predicted molar refractivity (Wildman–Crippen MR) is 112 cm³/mol. The number of ether oxygens (including phenoxy) is 1. The van der Waals surface area contributed by atoms with Crippen LogP contribution in [0.3, 0.4) is 0 Å². The SMILES string of the molecule is CCCCN(C)C(=O)c1cn(Cc2ccccc2)nc1-c1cccc(OC)c1. The van der Waals surface area contributed by atoms with Crippen molar-refractivity contribution >= 4 is 5.91 Å². The summed E-state index contributed by atoms with van der Waals surface area (Å²) in [5.41, 5.74) is 3.31. The lowest BCUT2D eigenvalue weighted by atomic mass is 10.1. The molecule has 1 aromatic heterocycles. The van der Waals surface area contributed by atoms with Crippen molar-refractivity contribution in [3.8, 4) is 17.0 Å². The van der Waals surface area contributed by atoms with Crippen molar-refractivity contribution in [1.82, 2.24) is 14.7 Å². The van der Waals surface area contributed by atoms with E-state index in [4.69, 9.17) is 9.84 Å². The first-order valence-corrected chi connectivity index (χ1v) is 9.63. The van der Waals surface area contributed by atoms with Crippen LogP contribution in [0.1, 0.15) is 35.7 Å². The van der Waals surface area contributed by atoms with Gasteiger partial charge in [-0.3, -0.25) is 9.48 Å². The Hall–Kier alpha value is -3.08. The van der Waals surface area contributed by atoms with E-state index in [2.05, 4.69) is 19.1 Å². The fourth-order valence-corrected chi connectivity index (χ4v) is 3.12. The summed E-state index contributed by atoms with van der Waals surface area (Å²) in [4.78, 5) is 14.9. The van der Waals surface area contributed by atoms with Crippen LogP contribution in [0.15, 0.2) is 60.8 Å². The van der Waals surface area contributed by atoms with Gasteiger partial charge in [-0.1, -0.05) is 55.8 Å². The summed E-state index contributed by atoms with van der Waals surface area (Å²) in [7, 11) is 3.49. The molecule has 0 aliphatic rings. The van der Waals surface area contributed by atoms with Gasteiger partial charge < -0.3 is 9.64 Å². The Morgan fingerprint density at radius 1 is 1.14 bits per heavy atom. The molecule has 2 aromatic carbocycles. The highest BCUT2D eigenvalue weighted by molar-refractivity contribution is 5.99. The minimum Gasteiger partial charge on any atom is -0.497 e. The van der Waals surface area contributed by atoms with Gasteiger partial charge in [0.25, 0.3) is 5.91 Å². The second kappa shape index (κ2) is 9.22. The molecule has 0 unspecified atom stereocenters. The van der Waals surface area contributed by atoms with Gasteiger partial charge >= 0.3 is 0 Å². The number of hydrogen-bond acceptors (Lipinski definition) is 3. The summed E-state index contributed by atoms with van der Waals surface area (Å²) in [6.07, 6.45) is 3.88. The van der Waals surface area contributed by atoms with E-state index < -0.39 is 0 Å². The molecule has 28 heavy (non-hydrogen) atoms. The Morgan fingerprint density at radius 2 is 1.93 bits per heavy atom. The Kier molecular flexibility index (Phi) is 6.48. The molecule has 1 heterocycles. The Labute approximate surface area is 166 Å². The van der Waals surface area contributed by atoms with Gasteiger partial charge in [-0.2, -0.15) is 5.10 Å². The maximum atomic E-state index is 13.1. The number of aromatic nitrogens is 2. The maximum absolute atomic E-state index is 13.1. The number of carbonyl (C=O) groups excluding carboxylic acids is 1. The highest BCUT2D eigenvalue weighted by atomic mass is 16.5. The summed E-state index contributed by atoms with van der Waals surface area (Å²) < 4.78 is 7.19. The summed E-state index contributed by atoms with van der Waals surface area (Å²) in [5, 5.41) is 4.75. The Balaban J connectivity index is 1.98. The van der Waals surface area contributed by atoms with Crippen LogP contribution >= 0.6 is 0 Å². The molecule has 5 nitrogen and oxygen atoms in total. The summed E-state index contributed by atoms with van der Waals surface area (Å²) in [6.45, 7) is 3.47. The molecule has 5 heteroatoms. The van der Waals surface area contributed by atoms with Gasteiger partial charge in [-0.25, -0.2) is 0 Å². The monoisotopic (exact) mass is 377 g/mol. The molecule has 0 saturated heterocycles. The quantitative estimate of drug-likeness (QED) is 0.581. The van der Waals surface area contributed by atoms with Crippen LogP contribution in [-0.2, 0) is 6.54 Å². The number of amides is 1. The van der Waals surface area contributed by atoms with Gasteiger partial charge in [0.05, 0.1) is 19.2 Å². The molecule has 0 aliphatic heterocycles. The van der Waals surface area contributed by atoms with Crippen molar-refractivity contribution in [3.05, 3.63) is 71.9 Å². The van der Waals surface area contributed by atoms with E-state index >= 15 is 0 Å². The minimum atomic E-state index is -0.00872. The van der Waals surface area contributed by atoms with Crippen molar-refractivity contribution < 1.29 is 9.53 Å². The largest absolute Gasteiger partial charge is 0.497 e. The maximum Gasteiger partial charge on any atom is 0.257 e. The second-order valence-electron chi connectivity index (χ2n) is 6.89. The van der Waals surface area contributed by atoms with E-state index in [0.717, 1.165) is 36.3 Å². The van der Waals surface area contributed by atoms with Gasteiger partial charge in [-0.15, -0.1) is 0 Å². The van der Waals surface area contributed by atoms with Gasteiger partial charge in [0.15, 0.2) is 0 Å². The van der Waals surface area contributed by atoms with Crippen molar-refractivity contribution in [2.75, 3.05) is 20.7 Å². The lowest BCUT2D eigenvalue weighted by Gasteiger charge is -2.16.